The molecule has 65 heavy (non-hydrogen) atoms. The second kappa shape index (κ2) is 17.5. The van der Waals surface area contributed by atoms with Crippen molar-refractivity contribution in [2.75, 3.05) is 0 Å². The monoisotopic (exact) mass is 958 g/mol. The number of hydrogen-bond acceptors (Lipinski definition) is 10. The van der Waals surface area contributed by atoms with E-state index in [0.717, 1.165) is 30.7 Å². The molecule has 6 N–H and O–H groups in total. The van der Waals surface area contributed by atoms with E-state index in [4.69, 9.17) is 14.5 Å². The zero-order valence-corrected chi connectivity index (χ0v) is 38.8. The Bertz CT molecular complexity index is 3670. The van der Waals surface area contributed by atoms with Crippen molar-refractivity contribution in [1.29, 1.82) is 0 Å². The van der Waals surface area contributed by atoms with Crippen LogP contribution in [0.2, 0.25) is 0 Å². The molecule has 0 aliphatic carbocycles. The Balaban J connectivity index is 0.000000460. The minimum Gasteiger partial charge on any atom is -0.355 e. The van der Waals surface area contributed by atoms with Crippen LogP contribution in [0.3, 0.4) is 0 Å². The normalized spacial score (nSPS) is 12.8. The Morgan fingerprint density at radius 3 is 1.09 bits per heavy atom. The number of rotatable bonds is 7. The van der Waals surface area contributed by atoms with Crippen LogP contribution in [0.15, 0.2) is 147 Å². The zero-order valence-electron chi connectivity index (χ0n) is 33.5. The Morgan fingerprint density at radius 1 is 0.385 bits per heavy atom. The van der Waals surface area contributed by atoms with Crippen LogP contribution < -0.4 is 2.81 Å². The number of nitrogens with one attached hydrogen (secondary N) is 2. The summed E-state index contributed by atoms with van der Waals surface area (Å²) in [7, 11) is -17.4. The molecule has 0 amide bonds. The summed E-state index contributed by atoms with van der Waals surface area (Å²) in [5, 5.41) is 0. The average molecular weight is 959 g/mol. The predicted molar refractivity (Wildman–Crippen MR) is 246 cm³/mol. The number of aromatic nitrogens is 4. The summed E-state index contributed by atoms with van der Waals surface area (Å²) in [6.07, 6.45) is 7.21. The number of fused-ring (bicyclic) bond motifs is 8. The van der Waals surface area contributed by atoms with Gasteiger partial charge in [-0.1, -0.05) is 36.4 Å². The van der Waals surface area contributed by atoms with Crippen molar-refractivity contribution in [3.8, 4) is 33.4 Å². The summed E-state index contributed by atoms with van der Waals surface area (Å²) < 4.78 is 131. The Morgan fingerprint density at radius 2 is 0.708 bits per heavy atom. The van der Waals surface area contributed by atoms with E-state index in [1.165, 1.54) is 48.5 Å². The van der Waals surface area contributed by atoms with Gasteiger partial charge in [-0.15, -0.1) is 0 Å². The van der Waals surface area contributed by atoms with Gasteiger partial charge in [0, 0.05) is 38.8 Å². The van der Waals surface area contributed by atoms with Crippen LogP contribution in [-0.2, 0) is 40.5 Å². The summed E-state index contributed by atoms with van der Waals surface area (Å²) in [4.78, 5) is 15.9. The number of benzene rings is 4. The third-order valence-electron chi connectivity index (χ3n) is 10.2. The van der Waals surface area contributed by atoms with Gasteiger partial charge in [0.1, 0.15) is 0 Å². The van der Waals surface area contributed by atoms with Crippen LogP contribution in [0, 0.1) is 0 Å². The Labute approximate surface area is 389 Å². The summed E-state index contributed by atoms with van der Waals surface area (Å²) in [6, 6.07) is 32.4. The maximum atomic E-state index is 11.9. The third kappa shape index (κ3) is 10.2. The van der Waals surface area contributed by atoms with Gasteiger partial charge in [0.25, 0.3) is 30.4 Å². The Kier molecular flexibility index (Phi) is 12.3. The number of hydrogen-bond donors (Lipinski definition) is 6. The molecule has 0 spiro atoms. The van der Waals surface area contributed by atoms with Crippen LogP contribution >= 0.6 is 0 Å². The Hall–Kier alpha value is -5.88. The average Bonchev–Trinajstić information content (AvgIpc) is 4.09. The van der Waals surface area contributed by atoms with Crippen LogP contribution in [-0.4, -0.2) is 99.7 Å². The number of H-pyrrole nitrogens is 2. The van der Waals surface area contributed by atoms with E-state index in [0.29, 0.717) is 78.2 Å². The van der Waals surface area contributed by atoms with E-state index in [1.807, 2.05) is 42.5 Å². The maximum Gasteiger partial charge on any atom is 0.294 e. The zero-order chi connectivity index (χ0) is 46.5. The molecule has 324 valence electrons. The first kappa shape index (κ1) is 45.7. The van der Waals surface area contributed by atoms with Crippen molar-refractivity contribution in [2.24, 2.45) is 0 Å². The van der Waals surface area contributed by atoms with Crippen molar-refractivity contribution in [3.63, 3.8) is 0 Å². The van der Waals surface area contributed by atoms with Crippen LogP contribution in [0.1, 0.15) is 22.8 Å². The summed E-state index contributed by atoms with van der Waals surface area (Å²) in [5.41, 5.74) is 8.12. The van der Waals surface area contributed by atoms with Gasteiger partial charge in [-0.2, -0.15) is 25.3 Å². The molecule has 0 saturated carbocycles. The maximum absolute atomic E-state index is 11.9. The second-order valence-electron chi connectivity index (χ2n) is 14.6. The molecule has 4 aromatic carbocycles. The molecule has 0 unspecified atom stereocenters. The fourth-order valence-electron chi connectivity index (χ4n) is 7.14. The number of aromatic amines is 2. The summed E-state index contributed by atoms with van der Waals surface area (Å²) in [6.45, 7) is 0. The molecule has 2 aliphatic rings. The first-order valence-electron chi connectivity index (χ1n) is 19.0. The molecular formula is C44H31N4NaO12S4. The first-order valence-corrected chi connectivity index (χ1v) is 25.8. The minimum atomic E-state index is -4.48. The van der Waals surface area contributed by atoms with Crippen LogP contribution in [0.4, 0.5) is 0 Å². The molecule has 2 aliphatic heterocycles. The molecule has 0 atom stereocenters. The van der Waals surface area contributed by atoms with Crippen LogP contribution in [0.5, 0.6) is 0 Å². The van der Waals surface area contributed by atoms with Crippen molar-refractivity contribution in [3.05, 3.63) is 150 Å². The topological polar surface area (TPSA) is 275 Å². The second-order valence-corrected chi connectivity index (χ2v) is 21.5. The molecule has 9 rings (SSSR count). The van der Waals surface area contributed by atoms with Gasteiger partial charge in [0.05, 0.1) is 37.5 Å². The number of nitrogens with zero attached hydrogens (tertiary/aromatic N) is 2. The van der Waals surface area contributed by atoms with Gasteiger partial charge < -0.3 is 9.97 Å². The largest absolute Gasteiger partial charge is 0.355 e. The van der Waals surface area contributed by atoms with E-state index in [-0.39, 0.29) is 19.6 Å². The molecule has 16 nitrogen and oxygen atoms in total. The van der Waals surface area contributed by atoms with Gasteiger partial charge >= 0.3 is 83.0 Å². The molecule has 3 aromatic heterocycles. The van der Waals surface area contributed by atoms with Crippen molar-refractivity contribution in [2.45, 2.75) is 19.6 Å². The molecule has 5 heterocycles. The van der Waals surface area contributed by atoms with Crippen LogP contribution in [0.25, 0.3) is 79.8 Å². The van der Waals surface area contributed by atoms with E-state index >= 15 is 0 Å². The minimum absolute atomic E-state index is 0.0444. The third-order valence-corrected chi connectivity index (χ3v) is 14.4. The van der Waals surface area contributed by atoms with Gasteiger partial charge in [-0.3, -0.25) is 13.7 Å². The molecule has 0 radical (unpaired) electrons. The fourth-order valence-corrected chi connectivity index (χ4v) is 9.39. The summed E-state index contributed by atoms with van der Waals surface area (Å²) in [5.74, 6) is 0. The molecule has 8 bridgehead atoms. The first-order chi connectivity index (χ1) is 30.6. The van der Waals surface area contributed by atoms with E-state index in [2.05, 4.69) is 9.97 Å². The van der Waals surface area contributed by atoms with Crippen molar-refractivity contribution < 1.29 is 51.9 Å². The predicted octanol–water partition coefficient (Wildman–Crippen LogP) is 7.12. The summed E-state index contributed by atoms with van der Waals surface area (Å²) >= 11 is 0.882. The fraction of sp³-hybridized carbons (Fsp3) is 0. The molecule has 21 heteroatoms. The van der Waals surface area contributed by atoms with Gasteiger partial charge in [-0.25, -0.2) is 9.97 Å². The van der Waals surface area contributed by atoms with E-state index in [9.17, 15) is 47.3 Å². The molecular weight excluding hydrogens is 928 g/mol. The van der Waals surface area contributed by atoms with Gasteiger partial charge in [0.2, 0.25) is 0 Å². The SMILES string of the molecule is O=S(=O)(O)c1cc[c]([Na])cc1.O=S(=O)(O)c1ccc(-c2c3nc(c(-c4ccc(S(=O)(=O)O)cc4)c4ccc([nH]4)c(-c4ccc(S(=O)(=O)O)cc4)c4nc(cc5ccc2[nH]5)C=C4)C=C3)cc1. The van der Waals surface area contributed by atoms with Crippen molar-refractivity contribution in [1.82, 2.24) is 19.9 Å². The molecule has 7 aromatic rings. The van der Waals surface area contributed by atoms with Gasteiger partial charge in [0.15, 0.2) is 0 Å². The standard InChI is InChI=1S/C38H26N4O9S3.C6H5O3S.Na/c43-52(44,45)27-9-1-22(2-10-27)36-30-15-7-25(39-30)21-26-8-16-31(40-26)37(23-3-11-28(12-4-23)53(46,47)48)33-18-20-35(42-33)38(34-19-17-32(36)41-34)24-5-13-29(14-6-24)54(49,50)51;7-10(8,9)6-4-2-1-3-5-6;/h1-21,39,42H,(H,43,44,45)(H,46,47,48)(H,49,50,51);2-5H,(H,7,8,9);. The smallest absolute Gasteiger partial charge is 0.294 e. The van der Waals surface area contributed by atoms with Gasteiger partial charge in [-0.05, 0) is 108 Å². The van der Waals surface area contributed by atoms with E-state index < -0.39 is 40.5 Å². The van der Waals surface area contributed by atoms with E-state index in [1.54, 1.807) is 60.7 Å². The quantitative estimate of drug-likeness (QED) is 0.0686. The van der Waals surface area contributed by atoms with Crippen molar-refractivity contribution >= 4 is 118 Å². The molecule has 0 saturated heterocycles. The molecule has 0 fully saturated rings.